The van der Waals surface area contributed by atoms with Crippen LogP contribution in [0.1, 0.15) is 72.6 Å². The minimum absolute atomic E-state index is 0.0448. The summed E-state index contributed by atoms with van der Waals surface area (Å²) in [6, 6.07) is 5.53. The highest BCUT2D eigenvalue weighted by Crippen LogP contribution is 2.47. The van der Waals surface area contributed by atoms with E-state index >= 15 is 0 Å². The average Bonchev–Trinajstić information content (AvgIpc) is 3.53. The zero-order valence-corrected chi connectivity index (χ0v) is 21.8. The van der Waals surface area contributed by atoms with Crippen LogP contribution in [0.3, 0.4) is 0 Å². The molecule has 0 N–H and O–H groups in total. The van der Waals surface area contributed by atoms with Crippen LogP contribution in [-0.2, 0) is 22.3 Å². The van der Waals surface area contributed by atoms with Gasteiger partial charge in [-0.3, -0.25) is 14.4 Å². The number of aromatic nitrogens is 2. The van der Waals surface area contributed by atoms with Crippen LogP contribution >= 0.6 is 0 Å². The maximum absolute atomic E-state index is 14.2. The maximum Gasteiger partial charge on any atom is 0.433 e. The molecule has 2 aromatic rings. The SMILES string of the molecule is COc1cccc([C@@H]2[C@H](N3CCOCC3)CCN2C(=O)Cn2nc3c(c2C(F)(F)F)[C@@H](C)C[C@@H]3C)c1C. The Labute approximate surface area is 215 Å². The molecular formula is C27H35F3N4O3. The number of halogens is 3. The number of likely N-dealkylation sites (tertiary alicyclic amines) is 1. The van der Waals surface area contributed by atoms with Crippen molar-refractivity contribution in [2.45, 2.75) is 70.3 Å². The van der Waals surface area contributed by atoms with Crippen molar-refractivity contribution in [3.63, 3.8) is 0 Å². The number of nitrogens with zero attached hydrogens (tertiary/aromatic N) is 4. The Morgan fingerprint density at radius 2 is 1.89 bits per heavy atom. The van der Waals surface area contributed by atoms with Gasteiger partial charge in [0, 0.05) is 37.2 Å². The molecule has 1 aliphatic carbocycles. The molecule has 0 spiro atoms. The molecule has 202 valence electrons. The molecule has 0 bridgehead atoms. The van der Waals surface area contributed by atoms with Crippen molar-refractivity contribution in [2.75, 3.05) is 40.0 Å². The molecule has 3 aliphatic rings. The number of alkyl halides is 3. The van der Waals surface area contributed by atoms with E-state index in [0.29, 0.717) is 31.9 Å². The van der Waals surface area contributed by atoms with Crippen LogP contribution < -0.4 is 4.74 Å². The fraction of sp³-hybridized carbons (Fsp3) is 0.630. The Morgan fingerprint density at radius 3 is 2.57 bits per heavy atom. The Morgan fingerprint density at radius 1 is 1.16 bits per heavy atom. The number of hydrogen-bond acceptors (Lipinski definition) is 5. The predicted octanol–water partition coefficient (Wildman–Crippen LogP) is 4.50. The fourth-order valence-electron chi connectivity index (χ4n) is 6.63. The number of carbonyl (C=O) groups excluding carboxylic acids is 1. The van der Waals surface area contributed by atoms with E-state index in [0.717, 1.165) is 41.1 Å². The van der Waals surface area contributed by atoms with E-state index in [9.17, 15) is 18.0 Å². The van der Waals surface area contributed by atoms with Gasteiger partial charge in [-0.2, -0.15) is 18.3 Å². The minimum atomic E-state index is -4.58. The number of rotatable bonds is 5. The van der Waals surface area contributed by atoms with Gasteiger partial charge in [-0.05, 0) is 42.9 Å². The van der Waals surface area contributed by atoms with Crippen molar-refractivity contribution in [3.8, 4) is 5.75 Å². The van der Waals surface area contributed by atoms with Crippen molar-refractivity contribution in [3.05, 3.63) is 46.3 Å². The van der Waals surface area contributed by atoms with Crippen LogP contribution in [0.5, 0.6) is 5.75 Å². The van der Waals surface area contributed by atoms with Crippen LogP contribution in [0.25, 0.3) is 0 Å². The number of ether oxygens (including phenoxy) is 2. The zero-order chi connectivity index (χ0) is 26.5. The van der Waals surface area contributed by atoms with E-state index in [4.69, 9.17) is 9.47 Å². The summed E-state index contributed by atoms with van der Waals surface area (Å²) in [4.78, 5) is 17.9. The quantitative estimate of drug-likeness (QED) is 0.581. The van der Waals surface area contributed by atoms with Gasteiger partial charge in [0.05, 0.1) is 32.1 Å². The highest BCUT2D eigenvalue weighted by Gasteiger charge is 2.46. The second kappa shape index (κ2) is 9.94. The van der Waals surface area contributed by atoms with Crippen molar-refractivity contribution in [1.29, 1.82) is 0 Å². The van der Waals surface area contributed by atoms with Gasteiger partial charge >= 0.3 is 6.18 Å². The lowest BCUT2D eigenvalue weighted by molar-refractivity contribution is -0.146. The predicted molar refractivity (Wildman–Crippen MR) is 132 cm³/mol. The molecule has 0 saturated carbocycles. The number of benzene rings is 1. The summed E-state index contributed by atoms with van der Waals surface area (Å²) in [7, 11) is 1.61. The standard InChI is InChI=1S/C27H35F3N4O3/c1-16-14-17(2)24-23(16)26(27(28,29)30)34(31-24)15-22(35)33-9-8-20(32-10-12-37-13-11-32)25(33)19-6-5-7-21(36-4)18(19)3/h5-7,16-17,20,25H,8-15H2,1-4H3/t16-,17-,20+,25+/m0/s1. The van der Waals surface area contributed by atoms with Gasteiger partial charge in [-0.25, -0.2) is 0 Å². The third kappa shape index (κ3) is 4.63. The summed E-state index contributed by atoms with van der Waals surface area (Å²) in [5.41, 5.74) is 1.85. The van der Waals surface area contributed by atoms with Crippen LogP contribution in [-0.4, -0.2) is 71.5 Å². The first-order valence-corrected chi connectivity index (χ1v) is 13.0. The summed E-state index contributed by atoms with van der Waals surface area (Å²) in [6.45, 7) is 8.47. The summed E-state index contributed by atoms with van der Waals surface area (Å²) in [5, 5.41) is 4.35. The molecule has 2 aliphatic heterocycles. The van der Waals surface area contributed by atoms with E-state index in [-0.39, 0.29) is 35.4 Å². The number of hydrogen-bond donors (Lipinski definition) is 0. The molecule has 7 nitrogen and oxygen atoms in total. The van der Waals surface area contributed by atoms with Crippen molar-refractivity contribution in [1.82, 2.24) is 19.6 Å². The molecule has 37 heavy (non-hydrogen) atoms. The van der Waals surface area contributed by atoms with E-state index in [1.807, 2.05) is 32.0 Å². The van der Waals surface area contributed by atoms with Gasteiger partial charge in [-0.1, -0.05) is 26.0 Å². The van der Waals surface area contributed by atoms with Crippen LogP contribution in [0, 0.1) is 6.92 Å². The second-order valence-corrected chi connectivity index (χ2v) is 10.6. The second-order valence-electron chi connectivity index (χ2n) is 10.6. The first-order valence-electron chi connectivity index (χ1n) is 13.0. The lowest BCUT2D eigenvalue weighted by Crippen LogP contribution is -2.47. The highest BCUT2D eigenvalue weighted by atomic mass is 19.4. The molecular weight excluding hydrogens is 485 g/mol. The number of carbonyl (C=O) groups is 1. The number of methoxy groups -OCH3 is 1. The normalized spacial score (nSPS) is 26.5. The fourth-order valence-corrected chi connectivity index (χ4v) is 6.63. The monoisotopic (exact) mass is 520 g/mol. The molecule has 3 heterocycles. The minimum Gasteiger partial charge on any atom is -0.496 e. The van der Waals surface area contributed by atoms with Crippen LogP contribution in [0.2, 0.25) is 0 Å². The molecule has 0 unspecified atom stereocenters. The highest BCUT2D eigenvalue weighted by molar-refractivity contribution is 5.77. The maximum atomic E-state index is 14.2. The lowest BCUT2D eigenvalue weighted by Gasteiger charge is -2.38. The lowest BCUT2D eigenvalue weighted by atomic mass is 9.94. The summed E-state index contributed by atoms with van der Waals surface area (Å²) in [6.07, 6.45) is -3.20. The molecule has 2 saturated heterocycles. The Hall–Kier alpha value is -2.59. The number of fused-ring (bicyclic) bond motifs is 1. The van der Waals surface area contributed by atoms with Gasteiger partial charge in [0.1, 0.15) is 18.0 Å². The van der Waals surface area contributed by atoms with Gasteiger partial charge in [0.2, 0.25) is 5.91 Å². The van der Waals surface area contributed by atoms with Crippen molar-refractivity contribution < 1.29 is 27.4 Å². The smallest absolute Gasteiger partial charge is 0.433 e. The number of morpholine rings is 1. The van der Waals surface area contributed by atoms with Crippen LogP contribution in [0.4, 0.5) is 13.2 Å². The topological polar surface area (TPSA) is 59.8 Å². The van der Waals surface area contributed by atoms with Crippen molar-refractivity contribution in [2.24, 2.45) is 0 Å². The summed E-state index contributed by atoms with van der Waals surface area (Å²) < 4.78 is 54.7. The van der Waals surface area contributed by atoms with E-state index in [2.05, 4.69) is 10.00 Å². The molecule has 1 amide bonds. The zero-order valence-electron chi connectivity index (χ0n) is 21.8. The first-order chi connectivity index (χ1) is 17.6. The Bertz CT molecular complexity index is 1160. The molecule has 4 atom stereocenters. The van der Waals surface area contributed by atoms with E-state index in [1.165, 1.54) is 0 Å². The average molecular weight is 521 g/mol. The van der Waals surface area contributed by atoms with Crippen molar-refractivity contribution >= 4 is 5.91 Å². The molecule has 0 radical (unpaired) electrons. The molecule has 2 fully saturated rings. The van der Waals surface area contributed by atoms with Gasteiger partial charge in [0.15, 0.2) is 0 Å². The third-order valence-corrected chi connectivity index (χ3v) is 8.30. The molecule has 5 rings (SSSR count). The van der Waals surface area contributed by atoms with Gasteiger partial charge in [-0.15, -0.1) is 0 Å². The van der Waals surface area contributed by atoms with Gasteiger partial charge < -0.3 is 14.4 Å². The summed E-state index contributed by atoms with van der Waals surface area (Å²) >= 11 is 0. The largest absolute Gasteiger partial charge is 0.496 e. The molecule has 1 aromatic carbocycles. The molecule has 1 aromatic heterocycles. The van der Waals surface area contributed by atoms with E-state index < -0.39 is 18.4 Å². The van der Waals surface area contributed by atoms with Crippen LogP contribution in [0.15, 0.2) is 18.2 Å². The Balaban J connectivity index is 1.50. The number of amides is 1. The summed E-state index contributed by atoms with van der Waals surface area (Å²) in [5.74, 6) is 0.0700. The third-order valence-electron chi connectivity index (χ3n) is 8.30. The molecule has 10 heteroatoms. The van der Waals surface area contributed by atoms with Gasteiger partial charge in [0.25, 0.3) is 0 Å². The Kier molecular flexibility index (Phi) is 7.00. The van der Waals surface area contributed by atoms with E-state index in [1.54, 1.807) is 18.9 Å². The first kappa shape index (κ1) is 26.0.